The Bertz CT molecular complexity index is 361. The third-order valence-corrected chi connectivity index (χ3v) is 2.80. The molecule has 1 aromatic carbocycles. The van der Waals surface area contributed by atoms with E-state index in [0.29, 0.717) is 6.54 Å². The lowest BCUT2D eigenvalue weighted by atomic mass is 10.1. The Hall–Kier alpha value is -1.55. The first-order valence-electron chi connectivity index (χ1n) is 5.87. The summed E-state index contributed by atoms with van der Waals surface area (Å²) in [6, 6.07) is 7.58. The predicted molar refractivity (Wildman–Crippen MR) is 70.5 cm³/mol. The van der Waals surface area contributed by atoms with Gasteiger partial charge in [-0.1, -0.05) is 12.1 Å². The van der Waals surface area contributed by atoms with Gasteiger partial charge in [0.05, 0.1) is 6.04 Å². The Morgan fingerprint density at radius 3 is 2.53 bits per heavy atom. The number of carbonyl (C=O) groups is 1. The molecular weight excluding hydrogens is 214 g/mol. The number of carbonyl (C=O) groups excluding carboxylic acids is 1. The van der Waals surface area contributed by atoms with E-state index in [-0.39, 0.29) is 11.9 Å². The Morgan fingerprint density at radius 2 is 2.00 bits per heavy atom. The smallest absolute Gasteiger partial charge is 0.237 e. The summed E-state index contributed by atoms with van der Waals surface area (Å²) in [6.45, 7) is 5.23. The van der Waals surface area contributed by atoms with Gasteiger partial charge in [-0.25, -0.2) is 0 Å². The predicted octanol–water partition coefficient (Wildman–Crippen LogP) is 1.23. The number of nitrogens with one attached hydrogen (secondary N) is 1. The summed E-state index contributed by atoms with van der Waals surface area (Å²) in [5.41, 5.74) is 7.54. The number of anilines is 1. The van der Waals surface area contributed by atoms with Crippen LogP contribution in [0.15, 0.2) is 24.3 Å². The van der Waals surface area contributed by atoms with Gasteiger partial charge in [0.1, 0.15) is 0 Å². The van der Waals surface area contributed by atoms with E-state index < -0.39 is 0 Å². The first kappa shape index (κ1) is 13.5. The van der Waals surface area contributed by atoms with E-state index in [4.69, 9.17) is 5.73 Å². The zero-order chi connectivity index (χ0) is 12.8. The van der Waals surface area contributed by atoms with Gasteiger partial charge >= 0.3 is 0 Å². The van der Waals surface area contributed by atoms with Crippen LogP contribution in [0.25, 0.3) is 0 Å². The van der Waals surface area contributed by atoms with Gasteiger partial charge < -0.3 is 11.1 Å². The Balaban J connectivity index is 2.56. The van der Waals surface area contributed by atoms with Crippen molar-refractivity contribution in [1.82, 2.24) is 10.2 Å². The van der Waals surface area contributed by atoms with Crippen LogP contribution in [0.4, 0.5) is 5.69 Å². The van der Waals surface area contributed by atoms with E-state index in [2.05, 4.69) is 5.32 Å². The molecule has 94 valence electrons. The minimum Gasteiger partial charge on any atom is -0.399 e. The number of amides is 1. The SMILES string of the molecule is CCNC(=O)C(C)N(C)Cc1ccc(N)cc1. The summed E-state index contributed by atoms with van der Waals surface area (Å²) >= 11 is 0. The topological polar surface area (TPSA) is 58.4 Å². The Kier molecular flexibility index (Phi) is 4.97. The number of likely N-dealkylation sites (N-methyl/N-ethyl adjacent to an activating group) is 2. The van der Waals surface area contributed by atoms with E-state index in [1.54, 1.807) is 0 Å². The molecule has 0 bridgehead atoms. The van der Waals surface area contributed by atoms with Gasteiger partial charge in [-0.05, 0) is 38.6 Å². The average molecular weight is 235 g/mol. The van der Waals surface area contributed by atoms with E-state index in [1.807, 2.05) is 50.1 Å². The molecule has 4 nitrogen and oxygen atoms in total. The van der Waals surface area contributed by atoms with Crippen molar-refractivity contribution >= 4 is 11.6 Å². The van der Waals surface area contributed by atoms with Crippen LogP contribution in [0.2, 0.25) is 0 Å². The summed E-state index contributed by atoms with van der Waals surface area (Å²) < 4.78 is 0. The van der Waals surface area contributed by atoms with Crippen LogP contribution in [0.1, 0.15) is 19.4 Å². The number of benzene rings is 1. The number of nitrogens with two attached hydrogens (primary N) is 1. The van der Waals surface area contributed by atoms with Crippen LogP contribution in [0.5, 0.6) is 0 Å². The number of nitrogens with zero attached hydrogens (tertiary/aromatic N) is 1. The highest BCUT2D eigenvalue weighted by atomic mass is 16.2. The number of hydrogen-bond acceptors (Lipinski definition) is 3. The quantitative estimate of drug-likeness (QED) is 0.755. The van der Waals surface area contributed by atoms with Gasteiger partial charge in [-0.15, -0.1) is 0 Å². The summed E-state index contributed by atoms with van der Waals surface area (Å²) in [6.07, 6.45) is 0. The molecule has 4 heteroatoms. The van der Waals surface area contributed by atoms with Gasteiger partial charge in [0, 0.05) is 18.8 Å². The van der Waals surface area contributed by atoms with Crippen molar-refractivity contribution in [2.75, 3.05) is 19.3 Å². The third-order valence-electron chi connectivity index (χ3n) is 2.80. The van der Waals surface area contributed by atoms with Gasteiger partial charge in [0.2, 0.25) is 5.91 Å². The van der Waals surface area contributed by atoms with E-state index >= 15 is 0 Å². The van der Waals surface area contributed by atoms with Crippen LogP contribution in [-0.4, -0.2) is 30.4 Å². The van der Waals surface area contributed by atoms with Crippen LogP contribution in [0.3, 0.4) is 0 Å². The largest absolute Gasteiger partial charge is 0.399 e. The van der Waals surface area contributed by atoms with Crippen molar-refractivity contribution in [2.45, 2.75) is 26.4 Å². The molecule has 0 aliphatic heterocycles. The summed E-state index contributed by atoms with van der Waals surface area (Å²) in [7, 11) is 1.94. The molecule has 0 aliphatic rings. The molecule has 1 amide bonds. The molecule has 1 aromatic rings. The highest BCUT2D eigenvalue weighted by Crippen LogP contribution is 2.09. The standard InChI is InChI=1S/C13H21N3O/c1-4-15-13(17)10(2)16(3)9-11-5-7-12(14)8-6-11/h5-8,10H,4,9,14H2,1-3H3,(H,15,17). The van der Waals surface area contributed by atoms with Crippen molar-refractivity contribution < 1.29 is 4.79 Å². The molecule has 1 atom stereocenters. The molecule has 0 spiro atoms. The summed E-state index contributed by atoms with van der Waals surface area (Å²) in [5, 5.41) is 2.82. The van der Waals surface area contributed by atoms with Crippen LogP contribution < -0.4 is 11.1 Å². The van der Waals surface area contributed by atoms with Gasteiger partial charge in [0.25, 0.3) is 0 Å². The van der Waals surface area contributed by atoms with E-state index in [9.17, 15) is 4.79 Å². The zero-order valence-corrected chi connectivity index (χ0v) is 10.7. The van der Waals surface area contributed by atoms with Crippen molar-refractivity contribution in [3.8, 4) is 0 Å². The minimum atomic E-state index is -0.132. The van der Waals surface area contributed by atoms with Gasteiger partial charge in [-0.2, -0.15) is 0 Å². The molecule has 0 aromatic heterocycles. The minimum absolute atomic E-state index is 0.0606. The van der Waals surface area contributed by atoms with Crippen LogP contribution in [-0.2, 0) is 11.3 Å². The molecule has 1 rings (SSSR count). The first-order chi connectivity index (χ1) is 8.04. The summed E-state index contributed by atoms with van der Waals surface area (Å²) in [5.74, 6) is 0.0606. The lowest BCUT2D eigenvalue weighted by Gasteiger charge is -2.23. The molecule has 3 N–H and O–H groups in total. The zero-order valence-electron chi connectivity index (χ0n) is 10.7. The normalized spacial score (nSPS) is 12.5. The van der Waals surface area contributed by atoms with E-state index in [1.165, 1.54) is 0 Å². The first-order valence-corrected chi connectivity index (χ1v) is 5.87. The van der Waals surface area contributed by atoms with Crippen LogP contribution >= 0.6 is 0 Å². The number of hydrogen-bond donors (Lipinski definition) is 2. The molecule has 17 heavy (non-hydrogen) atoms. The van der Waals surface area contributed by atoms with Crippen molar-refractivity contribution in [3.63, 3.8) is 0 Å². The Morgan fingerprint density at radius 1 is 1.41 bits per heavy atom. The van der Waals surface area contributed by atoms with Crippen molar-refractivity contribution in [2.24, 2.45) is 0 Å². The van der Waals surface area contributed by atoms with E-state index in [0.717, 1.165) is 17.8 Å². The molecule has 1 unspecified atom stereocenters. The number of nitrogen functional groups attached to an aromatic ring is 1. The second-order valence-corrected chi connectivity index (χ2v) is 4.23. The lowest BCUT2D eigenvalue weighted by Crippen LogP contribution is -2.42. The molecule has 0 radical (unpaired) electrons. The fourth-order valence-electron chi connectivity index (χ4n) is 1.57. The third kappa shape index (κ3) is 4.07. The summed E-state index contributed by atoms with van der Waals surface area (Å²) in [4.78, 5) is 13.7. The van der Waals surface area contributed by atoms with Gasteiger partial charge in [-0.3, -0.25) is 9.69 Å². The maximum Gasteiger partial charge on any atom is 0.237 e. The molecular formula is C13H21N3O. The molecule has 0 saturated heterocycles. The fraction of sp³-hybridized carbons (Fsp3) is 0.462. The molecule has 0 aliphatic carbocycles. The second-order valence-electron chi connectivity index (χ2n) is 4.23. The van der Waals surface area contributed by atoms with Crippen LogP contribution in [0, 0.1) is 0 Å². The number of rotatable bonds is 5. The highest BCUT2D eigenvalue weighted by molar-refractivity contribution is 5.81. The molecule has 0 saturated carbocycles. The maximum absolute atomic E-state index is 11.7. The van der Waals surface area contributed by atoms with Gasteiger partial charge in [0.15, 0.2) is 0 Å². The van der Waals surface area contributed by atoms with Crippen molar-refractivity contribution in [1.29, 1.82) is 0 Å². The Labute approximate surface area is 103 Å². The average Bonchev–Trinajstić information content (AvgIpc) is 2.31. The fourth-order valence-corrected chi connectivity index (χ4v) is 1.57. The monoisotopic (exact) mass is 235 g/mol. The van der Waals surface area contributed by atoms with Crippen molar-refractivity contribution in [3.05, 3.63) is 29.8 Å². The lowest BCUT2D eigenvalue weighted by molar-refractivity contribution is -0.125. The second kappa shape index (κ2) is 6.25. The highest BCUT2D eigenvalue weighted by Gasteiger charge is 2.16. The molecule has 0 fully saturated rings. The molecule has 0 heterocycles. The maximum atomic E-state index is 11.7.